The molecule has 0 radical (unpaired) electrons. The first-order chi connectivity index (χ1) is 6.58. The van der Waals surface area contributed by atoms with Gasteiger partial charge in [-0.05, 0) is 20.5 Å². The van der Waals surface area contributed by atoms with Gasteiger partial charge in [0.25, 0.3) is 0 Å². The zero-order valence-corrected chi connectivity index (χ0v) is 9.58. The predicted octanol–water partition coefficient (Wildman–Crippen LogP) is 1.45. The van der Waals surface area contributed by atoms with Crippen LogP contribution < -0.4 is 5.11 Å². The van der Waals surface area contributed by atoms with Crippen molar-refractivity contribution in [1.82, 2.24) is 0 Å². The van der Waals surface area contributed by atoms with Gasteiger partial charge in [0.15, 0.2) is 0 Å². The molecule has 0 unspecified atom stereocenters. The van der Waals surface area contributed by atoms with Crippen molar-refractivity contribution in [3.63, 3.8) is 0 Å². The van der Waals surface area contributed by atoms with Crippen LogP contribution in [0.25, 0.3) is 0 Å². The summed E-state index contributed by atoms with van der Waals surface area (Å²) < 4.78 is 26.0. The average Bonchev–Trinajstić information content (AvgIpc) is 2.04. The molecule has 14 heavy (non-hydrogen) atoms. The third-order valence-electron chi connectivity index (χ3n) is 1.17. The molecule has 0 saturated carbocycles. The summed E-state index contributed by atoms with van der Waals surface area (Å²) in [5.41, 5.74) is 0. The molecule has 5 nitrogen and oxygen atoms in total. The zero-order chi connectivity index (χ0) is 11.0. The smallest absolute Gasteiger partial charge is 0.355 e. The Labute approximate surface area is 84.2 Å². The van der Waals surface area contributed by atoms with Gasteiger partial charge in [-0.25, -0.2) is 0 Å². The van der Waals surface area contributed by atoms with Gasteiger partial charge in [-0.3, -0.25) is 4.57 Å². The lowest BCUT2D eigenvalue weighted by Crippen LogP contribution is -2.08. The van der Waals surface area contributed by atoms with Crippen LogP contribution in [0.5, 0.6) is 0 Å². The Kier molecular flexibility index (Phi) is 6.62. The summed E-state index contributed by atoms with van der Waals surface area (Å²) in [7, 11) is -3.40. The molecule has 0 atom stereocenters. The van der Waals surface area contributed by atoms with E-state index in [2.05, 4.69) is 4.74 Å². The summed E-state index contributed by atoms with van der Waals surface area (Å²) in [5.74, 6) is 0.182. The van der Waals surface area contributed by atoms with Crippen molar-refractivity contribution in [2.45, 2.75) is 20.8 Å². The molecule has 6 heteroatoms. The first-order valence-corrected chi connectivity index (χ1v) is 6.10. The van der Waals surface area contributed by atoms with E-state index in [1.54, 1.807) is 20.8 Å². The summed E-state index contributed by atoms with van der Waals surface area (Å²) in [6.45, 7) is 5.67. The normalized spacial score (nSPS) is 12.9. The summed E-state index contributed by atoms with van der Waals surface area (Å²) >= 11 is 0. The van der Waals surface area contributed by atoms with E-state index in [9.17, 15) is 9.67 Å². The fraction of sp³-hybridized carbons (Fsp3) is 0.750. The van der Waals surface area contributed by atoms with Crippen LogP contribution >= 0.6 is 7.60 Å². The van der Waals surface area contributed by atoms with Crippen LogP contribution in [-0.2, 0) is 18.3 Å². The molecule has 0 aromatic heterocycles. The van der Waals surface area contributed by atoms with Gasteiger partial charge in [0, 0.05) is 5.82 Å². The molecule has 0 amide bonds. The third-order valence-corrected chi connectivity index (χ3v) is 2.93. The van der Waals surface area contributed by atoms with Crippen molar-refractivity contribution >= 4 is 7.60 Å². The molecule has 0 heterocycles. The van der Waals surface area contributed by atoms with Gasteiger partial charge in [0.05, 0.1) is 19.2 Å². The van der Waals surface area contributed by atoms with Crippen LogP contribution in [0.4, 0.5) is 0 Å². The molecule has 0 aliphatic rings. The second kappa shape index (κ2) is 6.87. The maximum absolute atomic E-state index is 11.7. The Morgan fingerprint density at radius 3 is 2.07 bits per heavy atom. The van der Waals surface area contributed by atoms with Crippen LogP contribution in [0.2, 0.25) is 0 Å². The molecular weight excluding hydrogens is 207 g/mol. The summed E-state index contributed by atoms with van der Waals surface area (Å²) in [4.78, 5) is 0. The molecule has 0 fully saturated rings. The van der Waals surface area contributed by atoms with Gasteiger partial charge >= 0.3 is 7.60 Å². The zero-order valence-electron chi connectivity index (χ0n) is 8.69. The molecule has 0 aromatic carbocycles. The fourth-order valence-corrected chi connectivity index (χ4v) is 2.06. The fourth-order valence-electron chi connectivity index (χ4n) is 0.780. The number of rotatable bonds is 7. The minimum atomic E-state index is -3.40. The number of ether oxygens (including phenoxy) is 1. The lowest BCUT2D eigenvalue weighted by Gasteiger charge is -2.17. The van der Waals surface area contributed by atoms with Crippen LogP contribution in [0.3, 0.4) is 0 Å². The van der Waals surface area contributed by atoms with Gasteiger partial charge in [0.2, 0.25) is 0 Å². The molecule has 0 aliphatic carbocycles. The van der Waals surface area contributed by atoms with Gasteiger partial charge < -0.3 is 18.9 Å². The average molecular weight is 223 g/mol. The minimum Gasteiger partial charge on any atom is -0.613 e. The molecule has 0 saturated heterocycles. The highest BCUT2D eigenvalue weighted by Gasteiger charge is 2.19. The lowest BCUT2D eigenvalue weighted by atomic mass is 10.8. The second-order valence-corrected chi connectivity index (χ2v) is 4.11. The van der Waals surface area contributed by atoms with Crippen LogP contribution in [0, 0.1) is 0 Å². The maximum atomic E-state index is 11.7. The SMILES string of the molecule is CCO/C([O-])=C/P(=O)(OCC)OCC. The Morgan fingerprint density at radius 1 is 1.21 bits per heavy atom. The van der Waals surface area contributed by atoms with E-state index in [4.69, 9.17) is 9.05 Å². The molecule has 0 bridgehead atoms. The third kappa shape index (κ3) is 5.27. The number of hydrogen-bond acceptors (Lipinski definition) is 5. The highest BCUT2D eigenvalue weighted by Crippen LogP contribution is 2.50. The first-order valence-electron chi connectivity index (χ1n) is 4.49. The van der Waals surface area contributed by atoms with Crippen molar-refractivity contribution in [3.8, 4) is 0 Å². The molecule has 0 aromatic rings. The topological polar surface area (TPSA) is 67.8 Å². The van der Waals surface area contributed by atoms with E-state index >= 15 is 0 Å². The maximum Gasteiger partial charge on any atom is 0.355 e. The van der Waals surface area contributed by atoms with E-state index in [1.165, 1.54) is 0 Å². The Balaban J connectivity index is 4.48. The van der Waals surface area contributed by atoms with Crippen molar-refractivity contribution in [1.29, 1.82) is 0 Å². The van der Waals surface area contributed by atoms with E-state index < -0.39 is 13.5 Å². The van der Waals surface area contributed by atoms with E-state index in [0.717, 1.165) is 5.82 Å². The molecule has 0 aliphatic heterocycles. The Morgan fingerprint density at radius 2 is 1.71 bits per heavy atom. The summed E-state index contributed by atoms with van der Waals surface area (Å²) in [6, 6.07) is 0. The molecule has 0 N–H and O–H groups in total. The molecule has 0 rings (SSSR count). The lowest BCUT2D eigenvalue weighted by molar-refractivity contribution is -0.356. The molecule has 84 valence electrons. The second-order valence-electron chi connectivity index (χ2n) is 2.26. The van der Waals surface area contributed by atoms with Gasteiger partial charge in [0.1, 0.15) is 0 Å². The quantitative estimate of drug-likeness (QED) is 0.482. The Hall–Kier alpha value is -0.510. The minimum absolute atomic E-state index is 0.215. The van der Waals surface area contributed by atoms with E-state index in [0.29, 0.717) is 0 Å². The van der Waals surface area contributed by atoms with Crippen molar-refractivity contribution in [3.05, 3.63) is 11.8 Å². The van der Waals surface area contributed by atoms with Crippen LogP contribution in [0.15, 0.2) is 11.8 Å². The standard InChI is InChI=1S/C8H17O5P/c1-4-11-8(9)7-14(10,12-5-2)13-6-3/h7,9H,4-6H2,1-3H3/p-1/b8-7+. The van der Waals surface area contributed by atoms with Gasteiger partial charge in [-0.15, -0.1) is 0 Å². The predicted molar refractivity (Wildman–Crippen MR) is 50.6 cm³/mol. The molecular formula is C8H16O5P-. The number of hydrogen-bond donors (Lipinski definition) is 0. The largest absolute Gasteiger partial charge is 0.613 e. The van der Waals surface area contributed by atoms with Crippen molar-refractivity contribution in [2.24, 2.45) is 0 Å². The van der Waals surface area contributed by atoms with Crippen molar-refractivity contribution in [2.75, 3.05) is 19.8 Å². The van der Waals surface area contributed by atoms with Gasteiger partial charge in [-0.1, -0.05) is 6.92 Å². The summed E-state index contributed by atoms with van der Waals surface area (Å²) in [6.07, 6.45) is 0. The first kappa shape index (κ1) is 13.5. The van der Waals surface area contributed by atoms with E-state index in [1.807, 2.05) is 0 Å². The van der Waals surface area contributed by atoms with Crippen LogP contribution in [0.1, 0.15) is 20.8 Å². The van der Waals surface area contributed by atoms with E-state index in [-0.39, 0.29) is 19.8 Å². The highest BCUT2D eigenvalue weighted by atomic mass is 31.2. The monoisotopic (exact) mass is 223 g/mol. The Bertz CT molecular complexity index is 216. The van der Waals surface area contributed by atoms with Crippen LogP contribution in [-0.4, -0.2) is 19.8 Å². The highest BCUT2D eigenvalue weighted by molar-refractivity contribution is 7.57. The van der Waals surface area contributed by atoms with Crippen molar-refractivity contribution < 1.29 is 23.5 Å². The molecule has 0 spiro atoms. The van der Waals surface area contributed by atoms with Gasteiger partial charge in [-0.2, -0.15) is 0 Å². The summed E-state index contributed by atoms with van der Waals surface area (Å²) in [5, 5.41) is 11.0.